The monoisotopic (exact) mass is 292 g/mol. The fourth-order valence-electron chi connectivity index (χ4n) is 2.42. The van der Waals surface area contributed by atoms with E-state index < -0.39 is 0 Å². The summed E-state index contributed by atoms with van der Waals surface area (Å²) < 4.78 is 4.91. The predicted octanol–water partition coefficient (Wildman–Crippen LogP) is 3.58. The average Bonchev–Trinajstić information content (AvgIpc) is 2.54. The number of aromatic nitrogens is 1. The van der Waals surface area contributed by atoms with Crippen molar-refractivity contribution in [3.05, 3.63) is 59.7 Å². The first-order valence-corrected chi connectivity index (χ1v) is 6.94. The predicted molar refractivity (Wildman–Crippen MR) is 87.7 cm³/mol. The molecule has 1 heterocycles. The van der Waals surface area contributed by atoms with Crippen molar-refractivity contribution in [2.75, 3.05) is 12.8 Å². The maximum atomic E-state index is 12.1. The highest BCUT2D eigenvalue weighted by molar-refractivity contribution is 6.04. The second-order valence-corrected chi connectivity index (χ2v) is 5.19. The number of nitrogen functional groups attached to an aromatic ring is 1. The van der Waals surface area contributed by atoms with Gasteiger partial charge in [-0.1, -0.05) is 23.8 Å². The molecule has 0 saturated heterocycles. The van der Waals surface area contributed by atoms with Gasteiger partial charge in [0.15, 0.2) is 0 Å². The molecule has 0 aliphatic heterocycles. The van der Waals surface area contributed by atoms with E-state index in [0.717, 1.165) is 27.7 Å². The molecule has 0 aliphatic carbocycles. The van der Waals surface area contributed by atoms with Crippen LogP contribution in [0.15, 0.2) is 48.5 Å². The second-order valence-electron chi connectivity index (χ2n) is 5.19. The van der Waals surface area contributed by atoms with E-state index in [-0.39, 0.29) is 5.97 Å². The zero-order chi connectivity index (χ0) is 15.7. The summed E-state index contributed by atoms with van der Waals surface area (Å²) in [5.74, 6) is -0.366. The van der Waals surface area contributed by atoms with Crippen LogP contribution in [0.1, 0.15) is 15.9 Å². The molecule has 22 heavy (non-hydrogen) atoms. The minimum absolute atomic E-state index is 0.366. The van der Waals surface area contributed by atoms with Crippen LogP contribution in [0.25, 0.3) is 22.2 Å². The van der Waals surface area contributed by atoms with E-state index in [9.17, 15) is 4.79 Å². The number of carbonyl (C=O) groups excluding carboxylic acids is 1. The van der Waals surface area contributed by atoms with Gasteiger partial charge in [-0.05, 0) is 37.3 Å². The summed E-state index contributed by atoms with van der Waals surface area (Å²) in [6.07, 6.45) is 0. The molecule has 0 bridgehead atoms. The van der Waals surface area contributed by atoms with Crippen LogP contribution in [0.5, 0.6) is 0 Å². The van der Waals surface area contributed by atoms with Crippen molar-refractivity contribution in [3.8, 4) is 11.3 Å². The molecular formula is C18H16N2O2. The van der Waals surface area contributed by atoms with Crippen LogP contribution in [0.4, 0.5) is 5.69 Å². The normalized spacial score (nSPS) is 10.6. The Labute approximate surface area is 128 Å². The summed E-state index contributed by atoms with van der Waals surface area (Å²) in [5, 5.41) is 0.797. The Balaban J connectivity index is 2.26. The molecule has 0 saturated carbocycles. The molecule has 0 radical (unpaired) electrons. The summed E-state index contributed by atoms with van der Waals surface area (Å²) in [6.45, 7) is 1.98. The number of methoxy groups -OCH3 is 1. The van der Waals surface area contributed by atoms with Crippen molar-refractivity contribution in [2.24, 2.45) is 0 Å². The lowest BCUT2D eigenvalue weighted by Gasteiger charge is -2.09. The Bertz CT molecular complexity index is 855. The first-order chi connectivity index (χ1) is 10.6. The van der Waals surface area contributed by atoms with Gasteiger partial charge in [-0.2, -0.15) is 0 Å². The third kappa shape index (κ3) is 2.51. The number of nitrogens with two attached hydrogens (primary N) is 1. The van der Waals surface area contributed by atoms with Gasteiger partial charge >= 0.3 is 5.97 Å². The van der Waals surface area contributed by atoms with Crippen molar-refractivity contribution >= 4 is 22.6 Å². The maximum absolute atomic E-state index is 12.1. The van der Waals surface area contributed by atoms with Crippen molar-refractivity contribution < 1.29 is 9.53 Å². The zero-order valence-corrected chi connectivity index (χ0v) is 12.5. The fourth-order valence-corrected chi connectivity index (χ4v) is 2.42. The highest BCUT2D eigenvalue weighted by Gasteiger charge is 2.14. The molecule has 0 fully saturated rings. The summed E-state index contributed by atoms with van der Waals surface area (Å²) in [5.41, 5.74) is 10.4. The molecule has 0 spiro atoms. The molecule has 1 aromatic heterocycles. The van der Waals surface area contributed by atoms with Crippen LogP contribution >= 0.6 is 0 Å². The molecule has 0 amide bonds. The zero-order valence-electron chi connectivity index (χ0n) is 12.5. The number of anilines is 1. The number of benzene rings is 2. The van der Waals surface area contributed by atoms with Gasteiger partial charge in [0, 0.05) is 16.6 Å². The number of ether oxygens (including phenoxy) is 1. The average molecular weight is 292 g/mol. The highest BCUT2D eigenvalue weighted by Crippen LogP contribution is 2.26. The smallest absolute Gasteiger partial charge is 0.338 e. The topological polar surface area (TPSA) is 65.2 Å². The molecule has 0 aliphatic rings. The van der Waals surface area contributed by atoms with Gasteiger partial charge in [0.25, 0.3) is 0 Å². The molecule has 3 rings (SSSR count). The fraction of sp³-hybridized carbons (Fsp3) is 0.111. The van der Waals surface area contributed by atoms with Crippen LogP contribution < -0.4 is 5.73 Å². The van der Waals surface area contributed by atoms with Gasteiger partial charge in [-0.3, -0.25) is 0 Å². The van der Waals surface area contributed by atoms with Crippen molar-refractivity contribution in [1.82, 2.24) is 4.98 Å². The molecule has 4 nitrogen and oxygen atoms in total. The first-order valence-electron chi connectivity index (χ1n) is 6.94. The SMILES string of the molecule is COC(=O)c1cc(-c2ccc(N)cc2)nc2ccc(C)cc12. The van der Waals surface area contributed by atoms with Gasteiger partial charge in [-0.25, -0.2) is 9.78 Å². The maximum Gasteiger partial charge on any atom is 0.338 e. The number of hydrogen-bond acceptors (Lipinski definition) is 4. The lowest BCUT2D eigenvalue weighted by molar-refractivity contribution is 0.0603. The van der Waals surface area contributed by atoms with E-state index in [1.165, 1.54) is 7.11 Å². The standard InChI is InChI=1S/C18H16N2O2/c1-11-3-8-16-14(9-11)15(18(21)22-2)10-17(20-16)12-4-6-13(19)7-5-12/h3-10H,19H2,1-2H3. The number of hydrogen-bond donors (Lipinski definition) is 1. The summed E-state index contributed by atoms with van der Waals surface area (Å²) in [4.78, 5) is 16.8. The molecule has 110 valence electrons. The lowest BCUT2D eigenvalue weighted by atomic mass is 10.0. The van der Waals surface area contributed by atoms with Crippen LogP contribution in [0.3, 0.4) is 0 Å². The van der Waals surface area contributed by atoms with Gasteiger partial charge in [0.1, 0.15) is 0 Å². The van der Waals surface area contributed by atoms with Gasteiger partial charge < -0.3 is 10.5 Å². The number of nitrogens with zero attached hydrogens (tertiary/aromatic N) is 1. The summed E-state index contributed by atoms with van der Waals surface area (Å²) in [6, 6.07) is 15.0. The first kappa shape index (κ1) is 14.1. The molecule has 3 aromatic rings. The molecule has 2 aromatic carbocycles. The van der Waals surface area contributed by atoms with Crippen LogP contribution in [-0.2, 0) is 4.74 Å². The Morgan fingerprint density at radius 2 is 1.82 bits per heavy atom. The summed E-state index contributed by atoms with van der Waals surface area (Å²) in [7, 11) is 1.38. The number of aryl methyl sites for hydroxylation is 1. The third-order valence-electron chi connectivity index (χ3n) is 3.58. The molecule has 2 N–H and O–H groups in total. The molecular weight excluding hydrogens is 276 g/mol. The number of esters is 1. The van der Waals surface area contributed by atoms with Crippen molar-refractivity contribution in [3.63, 3.8) is 0 Å². The van der Waals surface area contributed by atoms with E-state index >= 15 is 0 Å². The van der Waals surface area contributed by atoms with Crippen LogP contribution in [0, 0.1) is 6.92 Å². The summed E-state index contributed by atoms with van der Waals surface area (Å²) >= 11 is 0. The van der Waals surface area contributed by atoms with Gasteiger partial charge in [0.2, 0.25) is 0 Å². The number of fused-ring (bicyclic) bond motifs is 1. The van der Waals surface area contributed by atoms with E-state index in [0.29, 0.717) is 11.3 Å². The third-order valence-corrected chi connectivity index (χ3v) is 3.58. The molecule has 4 heteroatoms. The largest absolute Gasteiger partial charge is 0.465 e. The lowest BCUT2D eigenvalue weighted by Crippen LogP contribution is -2.04. The second kappa shape index (κ2) is 5.48. The Morgan fingerprint density at radius 3 is 2.50 bits per heavy atom. The van der Waals surface area contributed by atoms with E-state index in [2.05, 4.69) is 4.98 Å². The minimum atomic E-state index is -0.366. The number of pyridine rings is 1. The minimum Gasteiger partial charge on any atom is -0.465 e. The quantitative estimate of drug-likeness (QED) is 0.579. The van der Waals surface area contributed by atoms with Gasteiger partial charge in [-0.15, -0.1) is 0 Å². The Kier molecular flexibility index (Phi) is 3.51. The number of carbonyl (C=O) groups is 1. The van der Waals surface area contributed by atoms with E-state index in [4.69, 9.17) is 10.5 Å². The van der Waals surface area contributed by atoms with Crippen LogP contribution in [-0.4, -0.2) is 18.1 Å². The molecule has 0 unspecified atom stereocenters. The number of rotatable bonds is 2. The van der Waals surface area contributed by atoms with E-state index in [1.54, 1.807) is 6.07 Å². The van der Waals surface area contributed by atoms with Gasteiger partial charge in [0.05, 0.1) is 23.9 Å². The van der Waals surface area contributed by atoms with E-state index in [1.807, 2.05) is 49.4 Å². The van der Waals surface area contributed by atoms with Crippen LogP contribution in [0.2, 0.25) is 0 Å². The Hall–Kier alpha value is -2.88. The molecule has 0 atom stereocenters. The van der Waals surface area contributed by atoms with Crippen molar-refractivity contribution in [2.45, 2.75) is 6.92 Å². The van der Waals surface area contributed by atoms with Crippen molar-refractivity contribution in [1.29, 1.82) is 0 Å². The highest BCUT2D eigenvalue weighted by atomic mass is 16.5. The Morgan fingerprint density at radius 1 is 1.09 bits per heavy atom.